The minimum atomic E-state index is 0.146. The van der Waals surface area contributed by atoms with E-state index in [-0.39, 0.29) is 6.61 Å². The van der Waals surface area contributed by atoms with Crippen LogP contribution in [0.15, 0.2) is 0 Å². The Morgan fingerprint density at radius 2 is 1.36 bits per heavy atom. The summed E-state index contributed by atoms with van der Waals surface area (Å²) in [6.45, 7) is 1.45. The molecular weight excluding hydrogens is 272 g/mol. The van der Waals surface area contributed by atoms with Gasteiger partial charge in [0.2, 0.25) is 0 Å². The van der Waals surface area contributed by atoms with E-state index < -0.39 is 0 Å². The van der Waals surface area contributed by atoms with Gasteiger partial charge in [-0.15, -0.1) is 5.92 Å². The number of hydrogen-bond donors (Lipinski definition) is 1. The van der Waals surface area contributed by atoms with E-state index in [1.165, 1.54) is 77.0 Å². The third-order valence-electron chi connectivity index (χ3n) is 4.49. The molecule has 1 rings (SSSR count). The fourth-order valence-corrected chi connectivity index (χ4v) is 2.77. The van der Waals surface area contributed by atoms with Gasteiger partial charge in [-0.1, -0.05) is 63.7 Å². The molecule has 0 amide bonds. The maximum absolute atomic E-state index is 8.57. The molecule has 128 valence electrons. The van der Waals surface area contributed by atoms with E-state index in [9.17, 15) is 0 Å². The SMILES string of the molecule is OCCOCCCCCCCCCCCCC#CC1CCC1. The van der Waals surface area contributed by atoms with Gasteiger partial charge in [-0.05, 0) is 25.7 Å². The molecule has 0 unspecified atom stereocenters. The van der Waals surface area contributed by atoms with Crippen LogP contribution in [0.5, 0.6) is 0 Å². The first-order valence-corrected chi connectivity index (χ1v) is 9.60. The first-order chi connectivity index (χ1) is 10.9. The van der Waals surface area contributed by atoms with Gasteiger partial charge in [0.15, 0.2) is 0 Å². The summed E-state index contributed by atoms with van der Waals surface area (Å²) in [6.07, 6.45) is 18.6. The quantitative estimate of drug-likeness (QED) is 0.358. The van der Waals surface area contributed by atoms with Gasteiger partial charge in [0.25, 0.3) is 0 Å². The Labute approximate surface area is 138 Å². The van der Waals surface area contributed by atoms with E-state index in [1.807, 2.05) is 0 Å². The van der Waals surface area contributed by atoms with Crippen molar-refractivity contribution >= 4 is 0 Å². The number of unbranched alkanes of at least 4 members (excludes halogenated alkanes) is 10. The van der Waals surface area contributed by atoms with Gasteiger partial charge in [0.05, 0.1) is 13.2 Å². The predicted octanol–water partition coefficient (Wildman–Crippen LogP) is 5.09. The highest BCUT2D eigenvalue weighted by Crippen LogP contribution is 2.25. The van der Waals surface area contributed by atoms with Gasteiger partial charge in [0.1, 0.15) is 0 Å². The first kappa shape index (κ1) is 19.5. The van der Waals surface area contributed by atoms with Crippen LogP contribution in [0.2, 0.25) is 0 Å². The van der Waals surface area contributed by atoms with E-state index in [0.717, 1.165) is 25.4 Å². The minimum absolute atomic E-state index is 0.146. The molecule has 2 nitrogen and oxygen atoms in total. The van der Waals surface area contributed by atoms with Crippen LogP contribution in [-0.2, 0) is 4.74 Å². The van der Waals surface area contributed by atoms with Gasteiger partial charge < -0.3 is 9.84 Å². The molecule has 2 heteroatoms. The molecule has 0 bridgehead atoms. The van der Waals surface area contributed by atoms with E-state index in [0.29, 0.717) is 6.61 Å². The Hall–Kier alpha value is -0.520. The second-order valence-electron chi connectivity index (χ2n) is 6.57. The fraction of sp³-hybridized carbons (Fsp3) is 0.900. The largest absolute Gasteiger partial charge is 0.394 e. The molecule has 0 aliphatic heterocycles. The topological polar surface area (TPSA) is 29.5 Å². The Bertz CT molecular complexity index is 286. The Balaban J connectivity index is 1.66. The van der Waals surface area contributed by atoms with Crippen molar-refractivity contribution in [2.24, 2.45) is 5.92 Å². The third kappa shape index (κ3) is 12.1. The summed E-state index contributed by atoms with van der Waals surface area (Å²) in [5.41, 5.74) is 0. The first-order valence-electron chi connectivity index (χ1n) is 9.60. The average molecular weight is 309 g/mol. The van der Waals surface area contributed by atoms with E-state index in [1.54, 1.807) is 0 Å². The highest BCUT2D eigenvalue weighted by atomic mass is 16.5. The molecule has 0 radical (unpaired) electrons. The van der Waals surface area contributed by atoms with Crippen LogP contribution in [0.4, 0.5) is 0 Å². The molecule has 0 heterocycles. The number of rotatable bonds is 14. The number of aliphatic hydroxyl groups is 1. The van der Waals surface area contributed by atoms with Gasteiger partial charge >= 0.3 is 0 Å². The Morgan fingerprint density at radius 3 is 1.91 bits per heavy atom. The molecule has 1 aliphatic carbocycles. The molecule has 0 aromatic heterocycles. The molecule has 1 saturated carbocycles. The van der Waals surface area contributed by atoms with Gasteiger partial charge in [-0.2, -0.15) is 0 Å². The molecule has 1 N–H and O–H groups in total. The van der Waals surface area contributed by atoms with E-state index in [2.05, 4.69) is 11.8 Å². The zero-order chi connectivity index (χ0) is 15.7. The zero-order valence-corrected chi connectivity index (χ0v) is 14.5. The van der Waals surface area contributed by atoms with Crippen LogP contribution in [0.3, 0.4) is 0 Å². The molecule has 0 aromatic rings. The van der Waals surface area contributed by atoms with E-state index in [4.69, 9.17) is 9.84 Å². The van der Waals surface area contributed by atoms with Crippen LogP contribution in [-0.4, -0.2) is 24.9 Å². The van der Waals surface area contributed by atoms with Crippen LogP contribution in [0.25, 0.3) is 0 Å². The fourth-order valence-electron chi connectivity index (χ4n) is 2.77. The molecular formula is C20H36O2. The average Bonchev–Trinajstić information content (AvgIpc) is 2.48. The second kappa shape index (κ2) is 15.4. The summed E-state index contributed by atoms with van der Waals surface area (Å²) >= 11 is 0. The Kier molecular flexibility index (Phi) is 13.6. The summed E-state index contributed by atoms with van der Waals surface area (Å²) in [5.74, 6) is 7.50. The minimum Gasteiger partial charge on any atom is -0.394 e. The molecule has 1 aliphatic rings. The van der Waals surface area contributed by atoms with Crippen LogP contribution >= 0.6 is 0 Å². The highest BCUT2D eigenvalue weighted by Gasteiger charge is 2.13. The van der Waals surface area contributed by atoms with Crippen molar-refractivity contribution in [3.63, 3.8) is 0 Å². The van der Waals surface area contributed by atoms with Gasteiger partial charge in [-0.25, -0.2) is 0 Å². The molecule has 0 saturated heterocycles. The lowest BCUT2D eigenvalue weighted by Crippen LogP contribution is -2.07. The summed E-state index contributed by atoms with van der Waals surface area (Å²) in [7, 11) is 0. The van der Waals surface area contributed by atoms with E-state index >= 15 is 0 Å². The van der Waals surface area contributed by atoms with Crippen molar-refractivity contribution in [1.82, 2.24) is 0 Å². The lowest BCUT2D eigenvalue weighted by atomic mass is 9.86. The number of hydrogen-bond acceptors (Lipinski definition) is 2. The number of aliphatic hydroxyl groups excluding tert-OH is 1. The van der Waals surface area contributed by atoms with Crippen molar-refractivity contribution in [1.29, 1.82) is 0 Å². The number of ether oxygens (including phenoxy) is 1. The highest BCUT2D eigenvalue weighted by molar-refractivity contribution is 5.06. The summed E-state index contributed by atoms with van der Waals surface area (Å²) in [5, 5.41) is 8.57. The van der Waals surface area contributed by atoms with Crippen molar-refractivity contribution < 1.29 is 9.84 Å². The van der Waals surface area contributed by atoms with Gasteiger partial charge in [-0.3, -0.25) is 0 Å². The van der Waals surface area contributed by atoms with Gasteiger partial charge in [0, 0.05) is 18.9 Å². The predicted molar refractivity (Wildman–Crippen MR) is 93.8 cm³/mol. The second-order valence-corrected chi connectivity index (χ2v) is 6.57. The lowest BCUT2D eigenvalue weighted by Gasteiger charge is -2.18. The van der Waals surface area contributed by atoms with Crippen molar-refractivity contribution in [2.75, 3.05) is 19.8 Å². The molecule has 1 fully saturated rings. The van der Waals surface area contributed by atoms with Crippen LogP contribution in [0.1, 0.15) is 89.9 Å². The molecule has 22 heavy (non-hydrogen) atoms. The molecule has 0 aromatic carbocycles. The molecule has 0 spiro atoms. The van der Waals surface area contributed by atoms with Crippen molar-refractivity contribution in [2.45, 2.75) is 89.9 Å². The lowest BCUT2D eigenvalue weighted by molar-refractivity contribution is 0.0895. The third-order valence-corrected chi connectivity index (χ3v) is 4.49. The summed E-state index contributed by atoms with van der Waals surface area (Å²) in [6, 6.07) is 0. The normalized spacial score (nSPS) is 14.4. The monoisotopic (exact) mass is 308 g/mol. The maximum atomic E-state index is 8.57. The van der Waals surface area contributed by atoms with Crippen molar-refractivity contribution in [3.8, 4) is 11.8 Å². The molecule has 0 atom stereocenters. The standard InChI is InChI=1S/C20H36O2/c21-17-19-22-18-12-10-8-6-4-2-1-3-5-7-9-11-14-20-15-13-16-20/h20-21H,1-10,12-13,15-19H2. The Morgan fingerprint density at radius 1 is 0.773 bits per heavy atom. The zero-order valence-electron chi connectivity index (χ0n) is 14.5. The summed E-state index contributed by atoms with van der Waals surface area (Å²) < 4.78 is 5.25. The summed E-state index contributed by atoms with van der Waals surface area (Å²) in [4.78, 5) is 0. The van der Waals surface area contributed by atoms with Crippen molar-refractivity contribution in [3.05, 3.63) is 0 Å². The maximum Gasteiger partial charge on any atom is 0.0697 e. The van der Waals surface area contributed by atoms with Crippen LogP contribution < -0.4 is 0 Å². The van der Waals surface area contributed by atoms with Crippen LogP contribution in [0, 0.1) is 17.8 Å². The smallest absolute Gasteiger partial charge is 0.0697 e.